The molecule has 0 bridgehead atoms. The highest BCUT2D eigenvalue weighted by atomic mass is 28.4. The van der Waals surface area contributed by atoms with Gasteiger partial charge < -0.3 is 9.53 Å². The first-order chi connectivity index (χ1) is 4.18. The van der Waals surface area contributed by atoms with Gasteiger partial charge in [-0.1, -0.05) is 13.3 Å². The summed E-state index contributed by atoms with van der Waals surface area (Å²) in [6.07, 6.45) is 1.36. The number of aliphatic hydroxyl groups is 1. The number of rotatable bonds is 4. The lowest BCUT2D eigenvalue weighted by atomic mass is 10.6. The Morgan fingerprint density at radius 2 is 2.11 bits per heavy atom. The Bertz CT molecular complexity index is 71.5. The Labute approximate surface area is 58.0 Å². The molecule has 0 spiro atoms. The summed E-state index contributed by atoms with van der Waals surface area (Å²) < 4.78 is 5.22. The monoisotopic (exact) mass is 148 g/mol. The van der Waals surface area contributed by atoms with Gasteiger partial charge in [0.05, 0.1) is 6.23 Å². The molecule has 0 aliphatic heterocycles. The first-order valence-corrected chi connectivity index (χ1v) is 6.17. The summed E-state index contributed by atoms with van der Waals surface area (Å²) in [7, 11) is 0.0508. The standard InChI is InChI=1S/C6H16O2Si/c1-4-5-9(3,6-7)8-2/h7H,4-6H2,1-3H3. The molecule has 0 aromatic rings. The molecule has 0 rings (SSSR count). The summed E-state index contributed by atoms with van der Waals surface area (Å²) in [5.41, 5.74) is 0. The second kappa shape index (κ2) is 4.03. The highest BCUT2D eigenvalue weighted by Crippen LogP contribution is 2.10. The number of hydrogen-bond acceptors (Lipinski definition) is 2. The third-order valence-electron chi connectivity index (χ3n) is 1.61. The van der Waals surface area contributed by atoms with E-state index in [9.17, 15) is 0 Å². The normalized spacial score (nSPS) is 17.3. The second-order valence-electron chi connectivity index (χ2n) is 2.56. The highest BCUT2D eigenvalue weighted by Gasteiger charge is 2.24. The van der Waals surface area contributed by atoms with Crippen LogP contribution in [0.15, 0.2) is 0 Å². The minimum atomic E-state index is -1.64. The van der Waals surface area contributed by atoms with Crippen molar-refractivity contribution >= 4 is 8.32 Å². The third kappa shape index (κ3) is 2.98. The first-order valence-electron chi connectivity index (χ1n) is 3.34. The summed E-state index contributed by atoms with van der Waals surface area (Å²) in [5, 5.41) is 8.85. The molecule has 0 aromatic carbocycles. The fraction of sp³-hybridized carbons (Fsp3) is 1.00. The van der Waals surface area contributed by atoms with Gasteiger partial charge in [-0.05, 0) is 12.6 Å². The summed E-state index contributed by atoms with van der Waals surface area (Å²) in [6, 6.07) is 1.06. The van der Waals surface area contributed by atoms with Gasteiger partial charge in [-0.15, -0.1) is 0 Å². The number of hydrogen-bond donors (Lipinski definition) is 1. The van der Waals surface area contributed by atoms with Gasteiger partial charge in [0.2, 0.25) is 8.32 Å². The predicted octanol–water partition coefficient (Wildman–Crippen LogP) is 1.15. The molecule has 1 atom stereocenters. The fourth-order valence-corrected chi connectivity index (χ4v) is 2.32. The van der Waals surface area contributed by atoms with E-state index in [1.165, 1.54) is 0 Å². The van der Waals surface area contributed by atoms with Gasteiger partial charge in [0.15, 0.2) is 0 Å². The van der Waals surface area contributed by atoms with Crippen LogP contribution in [0.1, 0.15) is 13.3 Å². The van der Waals surface area contributed by atoms with E-state index in [0.717, 1.165) is 12.5 Å². The molecule has 0 fully saturated rings. The van der Waals surface area contributed by atoms with Crippen LogP contribution in [0.25, 0.3) is 0 Å². The minimum Gasteiger partial charge on any atom is -0.418 e. The largest absolute Gasteiger partial charge is 0.418 e. The van der Waals surface area contributed by atoms with Crippen molar-refractivity contribution in [2.45, 2.75) is 25.9 Å². The van der Waals surface area contributed by atoms with Gasteiger partial charge in [-0.3, -0.25) is 0 Å². The van der Waals surface area contributed by atoms with Crippen molar-refractivity contribution in [3.05, 3.63) is 0 Å². The van der Waals surface area contributed by atoms with Crippen LogP contribution in [0.3, 0.4) is 0 Å². The molecule has 1 N–H and O–H groups in total. The van der Waals surface area contributed by atoms with Gasteiger partial charge in [0, 0.05) is 7.11 Å². The van der Waals surface area contributed by atoms with Crippen molar-refractivity contribution in [2.24, 2.45) is 0 Å². The average molecular weight is 148 g/mol. The van der Waals surface area contributed by atoms with E-state index in [2.05, 4.69) is 13.5 Å². The molecule has 0 saturated heterocycles. The second-order valence-corrected chi connectivity index (χ2v) is 6.69. The summed E-state index contributed by atoms with van der Waals surface area (Å²) in [5.74, 6) is 0. The molecule has 2 nitrogen and oxygen atoms in total. The van der Waals surface area contributed by atoms with Gasteiger partial charge in [0.25, 0.3) is 0 Å². The Kier molecular flexibility index (Phi) is 4.09. The first kappa shape index (κ1) is 9.14. The minimum absolute atomic E-state index is 0.247. The summed E-state index contributed by atoms with van der Waals surface area (Å²) in [4.78, 5) is 0. The lowest BCUT2D eigenvalue weighted by Crippen LogP contribution is -2.37. The zero-order chi connectivity index (χ0) is 7.33. The Balaban J connectivity index is 3.62. The predicted molar refractivity (Wildman–Crippen MR) is 40.8 cm³/mol. The lowest BCUT2D eigenvalue weighted by Gasteiger charge is -2.21. The summed E-state index contributed by atoms with van der Waals surface area (Å²) in [6.45, 7) is 4.16. The van der Waals surface area contributed by atoms with Crippen LogP contribution < -0.4 is 0 Å². The molecule has 9 heavy (non-hydrogen) atoms. The quantitative estimate of drug-likeness (QED) is 0.606. The van der Waals surface area contributed by atoms with Crippen LogP contribution in [0, 0.1) is 0 Å². The third-order valence-corrected chi connectivity index (χ3v) is 4.82. The molecule has 0 aliphatic carbocycles. The molecule has 0 amide bonds. The Hall–Kier alpha value is 0.137. The van der Waals surface area contributed by atoms with Crippen molar-refractivity contribution < 1.29 is 9.53 Å². The molecule has 0 aliphatic rings. The van der Waals surface area contributed by atoms with Crippen LogP contribution in [0.5, 0.6) is 0 Å². The van der Waals surface area contributed by atoms with Crippen molar-refractivity contribution in [3.63, 3.8) is 0 Å². The molecule has 0 aromatic heterocycles. The van der Waals surface area contributed by atoms with Crippen molar-refractivity contribution in [2.75, 3.05) is 13.3 Å². The van der Waals surface area contributed by atoms with Gasteiger partial charge in [-0.25, -0.2) is 0 Å². The fourth-order valence-electron chi connectivity index (χ4n) is 0.775. The maximum Gasteiger partial charge on any atom is 0.214 e. The smallest absolute Gasteiger partial charge is 0.214 e. The topological polar surface area (TPSA) is 29.5 Å². The molecule has 3 heteroatoms. The average Bonchev–Trinajstić information content (AvgIpc) is 1.89. The van der Waals surface area contributed by atoms with E-state index in [1.807, 2.05) is 0 Å². The van der Waals surface area contributed by atoms with E-state index in [4.69, 9.17) is 9.53 Å². The Morgan fingerprint density at radius 3 is 2.22 bits per heavy atom. The van der Waals surface area contributed by atoms with Crippen molar-refractivity contribution in [1.82, 2.24) is 0 Å². The van der Waals surface area contributed by atoms with Crippen LogP contribution in [0.4, 0.5) is 0 Å². The van der Waals surface area contributed by atoms with E-state index >= 15 is 0 Å². The molecular formula is C6H16O2Si. The maximum atomic E-state index is 8.85. The molecule has 0 saturated carbocycles. The lowest BCUT2D eigenvalue weighted by molar-refractivity contribution is 0.300. The Morgan fingerprint density at radius 1 is 1.56 bits per heavy atom. The van der Waals surface area contributed by atoms with Crippen molar-refractivity contribution in [1.29, 1.82) is 0 Å². The SMILES string of the molecule is CCC[Si](C)(CO)OC. The van der Waals surface area contributed by atoms with Gasteiger partial charge >= 0.3 is 0 Å². The van der Waals surface area contributed by atoms with Crippen LogP contribution in [0.2, 0.25) is 12.6 Å². The van der Waals surface area contributed by atoms with Crippen molar-refractivity contribution in [3.8, 4) is 0 Å². The van der Waals surface area contributed by atoms with Gasteiger partial charge in [0.1, 0.15) is 0 Å². The van der Waals surface area contributed by atoms with E-state index in [1.54, 1.807) is 7.11 Å². The van der Waals surface area contributed by atoms with E-state index in [-0.39, 0.29) is 6.23 Å². The molecule has 0 heterocycles. The molecule has 56 valence electrons. The van der Waals surface area contributed by atoms with Gasteiger partial charge in [-0.2, -0.15) is 0 Å². The zero-order valence-electron chi connectivity index (χ0n) is 6.48. The molecule has 1 unspecified atom stereocenters. The summed E-state index contributed by atoms with van der Waals surface area (Å²) >= 11 is 0. The molecule has 0 radical (unpaired) electrons. The number of aliphatic hydroxyl groups excluding tert-OH is 1. The van der Waals surface area contributed by atoms with Crippen LogP contribution in [-0.2, 0) is 4.43 Å². The van der Waals surface area contributed by atoms with E-state index in [0.29, 0.717) is 0 Å². The van der Waals surface area contributed by atoms with Crippen LogP contribution >= 0.6 is 0 Å². The van der Waals surface area contributed by atoms with E-state index < -0.39 is 8.32 Å². The highest BCUT2D eigenvalue weighted by molar-refractivity contribution is 6.72. The van der Waals surface area contributed by atoms with Crippen LogP contribution in [-0.4, -0.2) is 26.8 Å². The maximum absolute atomic E-state index is 8.85. The molecular weight excluding hydrogens is 132 g/mol. The zero-order valence-corrected chi connectivity index (χ0v) is 7.48.